The van der Waals surface area contributed by atoms with Gasteiger partial charge in [0.05, 0.1) is 19.0 Å². The molecule has 0 aliphatic rings. The zero-order valence-electron chi connectivity index (χ0n) is 11.5. The molecule has 0 aliphatic carbocycles. The van der Waals surface area contributed by atoms with E-state index in [1.165, 1.54) is 0 Å². The molecular weight excluding hydrogens is 298 g/mol. The number of aromatic nitrogens is 4. The number of sulfonamides is 1. The van der Waals surface area contributed by atoms with E-state index in [0.29, 0.717) is 5.56 Å². The normalized spacial score (nSPS) is 11.5. The molecule has 0 radical (unpaired) electrons. The average Bonchev–Trinajstić information content (AvgIpc) is 3.05. The lowest BCUT2D eigenvalue weighted by Crippen LogP contribution is -2.25. The predicted octanol–water partition coefficient (Wildman–Crippen LogP) is -0.202. The van der Waals surface area contributed by atoms with Gasteiger partial charge in [0.15, 0.2) is 5.03 Å². The Bertz CT molecular complexity index is 733. The number of H-pyrrole nitrogens is 1. The Morgan fingerprint density at radius 1 is 1.48 bits per heavy atom. The molecule has 2 rings (SSSR count). The van der Waals surface area contributed by atoms with E-state index < -0.39 is 16.0 Å². The zero-order chi connectivity index (χ0) is 15.5. The molecule has 0 fully saturated rings. The first kappa shape index (κ1) is 15.2. The van der Waals surface area contributed by atoms with Crippen LogP contribution in [-0.4, -0.2) is 41.0 Å². The smallest absolute Gasteiger partial charge is 0.342 e. The fraction of sp³-hybridized carbons (Fsp3) is 0.364. The van der Waals surface area contributed by atoms with Crippen molar-refractivity contribution in [2.75, 3.05) is 6.61 Å². The summed E-state index contributed by atoms with van der Waals surface area (Å²) in [5, 5.41) is 9.52. The molecular formula is C11H15N5O4S. The largest absolute Gasteiger partial charge is 0.462 e. The van der Waals surface area contributed by atoms with Crippen LogP contribution < -0.4 is 4.72 Å². The van der Waals surface area contributed by atoms with Gasteiger partial charge in [-0.1, -0.05) is 0 Å². The Labute approximate surface area is 121 Å². The van der Waals surface area contributed by atoms with Crippen molar-refractivity contribution in [3.8, 4) is 0 Å². The van der Waals surface area contributed by atoms with Gasteiger partial charge in [0.25, 0.3) is 10.0 Å². The Hall–Kier alpha value is -2.20. The molecule has 0 saturated heterocycles. The number of rotatable bonds is 6. The molecule has 9 nitrogen and oxygen atoms in total. The lowest BCUT2D eigenvalue weighted by molar-refractivity contribution is 0.0522. The first-order chi connectivity index (χ1) is 9.94. The maximum atomic E-state index is 12.2. The Morgan fingerprint density at radius 2 is 2.24 bits per heavy atom. The summed E-state index contributed by atoms with van der Waals surface area (Å²) < 4.78 is 33.1. The van der Waals surface area contributed by atoms with Gasteiger partial charge in [0.2, 0.25) is 0 Å². The molecule has 2 heterocycles. The number of hydrogen-bond donors (Lipinski definition) is 2. The molecule has 10 heteroatoms. The van der Waals surface area contributed by atoms with E-state index in [0.717, 1.165) is 6.20 Å². The predicted molar refractivity (Wildman–Crippen MR) is 71.8 cm³/mol. The Kier molecular flexibility index (Phi) is 4.38. The average molecular weight is 313 g/mol. The van der Waals surface area contributed by atoms with Gasteiger partial charge in [-0.25, -0.2) is 17.9 Å². The minimum absolute atomic E-state index is 0.0530. The van der Waals surface area contributed by atoms with Crippen molar-refractivity contribution in [3.63, 3.8) is 0 Å². The van der Waals surface area contributed by atoms with Gasteiger partial charge >= 0.3 is 5.97 Å². The van der Waals surface area contributed by atoms with Gasteiger partial charge in [-0.15, -0.1) is 0 Å². The maximum absolute atomic E-state index is 12.2. The third kappa shape index (κ3) is 3.47. The Balaban J connectivity index is 2.16. The third-order valence-corrected chi connectivity index (χ3v) is 3.97. The summed E-state index contributed by atoms with van der Waals surface area (Å²) in [5.41, 5.74) is 0.564. The molecule has 0 aliphatic heterocycles. The van der Waals surface area contributed by atoms with Crippen LogP contribution in [0.2, 0.25) is 0 Å². The topological polar surface area (TPSA) is 119 Å². The molecule has 0 aromatic carbocycles. The van der Waals surface area contributed by atoms with Crippen molar-refractivity contribution in [2.24, 2.45) is 7.05 Å². The standard InChI is InChI=1S/C11H15N5O4S/c1-3-20-11(17)9-6-12-15-10(9)21(18,19)14-5-8-4-13-16(2)7-8/h4,6-7,14H,3,5H2,1-2H3,(H,12,15). The number of nitrogens with one attached hydrogen (secondary N) is 2. The van der Waals surface area contributed by atoms with Crippen molar-refractivity contribution >= 4 is 16.0 Å². The van der Waals surface area contributed by atoms with E-state index in [1.807, 2.05) is 0 Å². The fourth-order valence-corrected chi connectivity index (χ4v) is 2.75. The number of aryl methyl sites for hydroxylation is 1. The van der Waals surface area contributed by atoms with Crippen LogP contribution in [0.4, 0.5) is 0 Å². The van der Waals surface area contributed by atoms with Crippen LogP contribution in [0.3, 0.4) is 0 Å². The summed E-state index contributed by atoms with van der Waals surface area (Å²) in [7, 11) is -2.18. The van der Waals surface area contributed by atoms with Crippen molar-refractivity contribution in [1.29, 1.82) is 0 Å². The molecule has 2 aromatic heterocycles. The summed E-state index contributed by atoms with van der Waals surface area (Å²) in [6.07, 6.45) is 4.35. The Morgan fingerprint density at radius 3 is 2.86 bits per heavy atom. The molecule has 0 bridgehead atoms. The number of hydrogen-bond acceptors (Lipinski definition) is 6. The van der Waals surface area contributed by atoms with Gasteiger partial charge in [-0.05, 0) is 6.92 Å². The van der Waals surface area contributed by atoms with Crippen LogP contribution in [-0.2, 0) is 28.4 Å². The van der Waals surface area contributed by atoms with E-state index in [9.17, 15) is 13.2 Å². The second-order valence-electron chi connectivity index (χ2n) is 4.18. The van der Waals surface area contributed by atoms with Crippen LogP contribution in [0.25, 0.3) is 0 Å². The summed E-state index contributed by atoms with van der Waals surface area (Å²) in [6, 6.07) is 0. The monoisotopic (exact) mass is 313 g/mol. The van der Waals surface area contributed by atoms with E-state index in [-0.39, 0.29) is 23.7 Å². The first-order valence-electron chi connectivity index (χ1n) is 6.11. The van der Waals surface area contributed by atoms with E-state index >= 15 is 0 Å². The highest BCUT2D eigenvalue weighted by Crippen LogP contribution is 2.13. The first-order valence-corrected chi connectivity index (χ1v) is 7.60. The summed E-state index contributed by atoms with van der Waals surface area (Å²) in [6.45, 7) is 1.83. The second-order valence-corrected chi connectivity index (χ2v) is 5.88. The SMILES string of the molecule is CCOC(=O)c1cn[nH]c1S(=O)(=O)NCc1cnn(C)c1. The summed E-state index contributed by atoms with van der Waals surface area (Å²) in [4.78, 5) is 11.7. The second kappa shape index (κ2) is 6.06. The lowest BCUT2D eigenvalue weighted by Gasteiger charge is -2.05. The molecule has 2 aromatic rings. The van der Waals surface area contributed by atoms with Crippen molar-refractivity contribution in [2.45, 2.75) is 18.5 Å². The van der Waals surface area contributed by atoms with Gasteiger partial charge in [0, 0.05) is 25.4 Å². The lowest BCUT2D eigenvalue weighted by atomic mass is 10.4. The van der Waals surface area contributed by atoms with Crippen molar-refractivity contribution < 1.29 is 17.9 Å². The maximum Gasteiger partial charge on any atom is 0.342 e. The molecule has 0 spiro atoms. The summed E-state index contributed by atoms with van der Waals surface area (Å²) >= 11 is 0. The molecule has 21 heavy (non-hydrogen) atoms. The molecule has 0 atom stereocenters. The van der Waals surface area contributed by atoms with E-state index in [2.05, 4.69) is 20.0 Å². The minimum atomic E-state index is -3.91. The third-order valence-electron chi connectivity index (χ3n) is 2.59. The number of carbonyl (C=O) groups excluding carboxylic acids is 1. The van der Waals surface area contributed by atoms with Crippen molar-refractivity contribution in [1.82, 2.24) is 24.7 Å². The van der Waals surface area contributed by atoms with Gasteiger partial charge in [-0.3, -0.25) is 9.78 Å². The number of aromatic amines is 1. The molecule has 2 N–H and O–H groups in total. The quantitative estimate of drug-likeness (QED) is 0.713. The molecule has 0 unspecified atom stereocenters. The van der Waals surface area contributed by atoms with Gasteiger partial charge in [-0.2, -0.15) is 10.2 Å². The van der Waals surface area contributed by atoms with Crippen LogP contribution >= 0.6 is 0 Å². The van der Waals surface area contributed by atoms with Crippen LogP contribution in [0.1, 0.15) is 22.8 Å². The van der Waals surface area contributed by atoms with E-state index in [1.54, 1.807) is 31.0 Å². The molecule has 0 amide bonds. The number of esters is 1. The van der Waals surface area contributed by atoms with Crippen LogP contribution in [0.15, 0.2) is 23.6 Å². The minimum Gasteiger partial charge on any atom is -0.462 e. The molecule has 114 valence electrons. The molecule has 0 saturated carbocycles. The highest BCUT2D eigenvalue weighted by Gasteiger charge is 2.25. The number of carbonyl (C=O) groups is 1. The van der Waals surface area contributed by atoms with Gasteiger partial charge < -0.3 is 4.74 Å². The van der Waals surface area contributed by atoms with Crippen molar-refractivity contribution in [3.05, 3.63) is 29.7 Å². The van der Waals surface area contributed by atoms with E-state index in [4.69, 9.17) is 4.74 Å². The summed E-state index contributed by atoms with van der Waals surface area (Å²) in [5.74, 6) is -0.743. The van der Waals surface area contributed by atoms with Crippen LogP contribution in [0.5, 0.6) is 0 Å². The van der Waals surface area contributed by atoms with Crippen LogP contribution in [0, 0.1) is 0 Å². The highest BCUT2D eigenvalue weighted by atomic mass is 32.2. The zero-order valence-corrected chi connectivity index (χ0v) is 12.3. The van der Waals surface area contributed by atoms with Gasteiger partial charge in [0.1, 0.15) is 5.56 Å². The fourth-order valence-electron chi connectivity index (χ4n) is 1.65. The number of nitrogens with zero attached hydrogens (tertiary/aromatic N) is 3. The number of ether oxygens (including phenoxy) is 1. The highest BCUT2D eigenvalue weighted by molar-refractivity contribution is 7.89.